The minimum Gasteiger partial charge on any atom is -0.504 e. The Morgan fingerprint density at radius 1 is 1.00 bits per heavy atom. The number of ether oxygens (including phenoxy) is 3. The Morgan fingerprint density at radius 2 is 1.60 bits per heavy atom. The van der Waals surface area contributed by atoms with Crippen molar-refractivity contribution in [3.63, 3.8) is 0 Å². The van der Waals surface area contributed by atoms with Crippen LogP contribution in [0.15, 0.2) is 36.4 Å². The van der Waals surface area contributed by atoms with Crippen LogP contribution in [0.5, 0.6) is 23.0 Å². The summed E-state index contributed by atoms with van der Waals surface area (Å²) in [5.74, 6) is 0.836. The predicted molar refractivity (Wildman–Crippen MR) is 93.5 cm³/mol. The summed E-state index contributed by atoms with van der Waals surface area (Å²) in [5.41, 5.74) is 1.49. The van der Waals surface area contributed by atoms with Gasteiger partial charge in [-0.2, -0.15) is 0 Å². The largest absolute Gasteiger partial charge is 0.504 e. The number of carbonyl (C=O) groups is 1. The second-order valence-electron chi connectivity index (χ2n) is 5.15. The maximum absolute atomic E-state index is 12.4. The van der Waals surface area contributed by atoms with Gasteiger partial charge >= 0.3 is 0 Å². The molecule has 25 heavy (non-hydrogen) atoms. The van der Waals surface area contributed by atoms with E-state index >= 15 is 0 Å². The highest BCUT2D eigenvalue weighted by molar-refractivity contribution is 6.07. The fraction of sp³-hybridized carbons (Fsp3) is 0.211. The van der Waals surface area contributed by atoms with Gasteiger partial charge in [0.15, 0.2) is 17.3 Å². The highest BCUT2D eigenvalue weighted by Crippen LogP contribution is 2.31. The number of aliphatic hydroxyl groups is 1. The molecule has 0 bridgehead atoms. The molecule has 0 unspecified atom stereocenters. The third-order valence-corrected chi connectivity index (χ3v) is 3.68. The van der Waals surface area contributed by atoms with Gasteiger partial charge in [0.25, 0.3) is 0 Å². The van der Waals surface area contributed by atoms with Crippen LogP contribution in [0.4, 0.5) is 0 Å². The Kier molecular flexibility index (Phi) is 6.03. The summed E-state index contributed by atoms with van der Waals surface area (Å²) < 4.78 is 15.4. The summed E-state index contributed by atoms with van der Waals surface area (Å²) in [6, 6.07) is 7.93. The number of ketones is 1. The summed E-state index contributed by atoms with van der Waals surface area (Å²) in [5, 5.41) is 19.2. The predicted octanol–water partition coefficient (Wildman–Crippen LogP) is 2.81. The molecule has 2 N–H and O–H groups in total. The van der Waals surface area contributed by atoms with E-state index in [2.05, 4.69) is 0 Å². The topological polar surface area (TPSA) is 85.2 Å². The molecule has 2 rings (SSSR count). The molecule has 0 saturated carbocycles. The van der Waals surface area contributed by atoms with Crippen molar-refractivity contribution < 1.29 is 29.2 Å². The van der Waals surface area contributed by atoms with Crippen molar-refractivity contribution in [1.29, 1.82) is 0 Å². The van der Waals surface area contributed by atoms with E-state index in [1.807, 2.05) is 0 Å². The van der Waals surface area contributed by atoms with E-state index in [0.29, 0.717) is 33.9 Å². The van der Waals surface area contributed by atoms with Crippen molar-refractivity contribution in [3.05, 3.63) is 53.1 Å². The molecule has 0 aliphatic carbocycles. The molecule has 0 spiro atoms. The van der Waals surface area contributed by atoms with Gasteiger partial charge in [-0.15, -0.1) is 0 Å². The maximum atomic E-state index is 12.4. The number of hydrogen-bond donors (Lipinski definition) is 2. The smallest absolute Gasteiger partial charge is 0.186 e. The number of benzene rings is 2. The molecule has 2 aromatic rings. The summed E-state index contributed by atoms with van der Waals surface area (Å²) in [6.07, 6.45) is 2.97. The van der Waals surface area contributed by atoms with Crippen LogP contribution >= 0.6 is 0 Å². The fourth-order valence-corrected chi connectivity index (χ4v) is 2.36. The van der Waals surface area contributed by atoms with Gasteiger partial charge in [0.1, 0.15) is 11.5 Å². The number of allylic oxidation sites excluding steroid dienone is 1. The SMILES string of the molecule is COc1ccc(/C=C/C(=O)c2cc(OC)c(CO)c(OC)c2)cc1O. The fourth-order valence-electron chi connectivity index (χ4n) is 2.36. The first-order valence-corrected chi connectivity index (χ1v) is 7.49. The third kappa shape index (κ3) is 4.10. The number of rotatable bonds is 7. The number of phenolic OH excluding ortho intramolecular Hbond substituents is 1. The van der Waals surface area contributed by atoms with Crippen molar-refractivity contribution >= 4 is 11.9 Å². The summed E-state index contributed by atoms with van der Waals surface area (Å²) >= 11 is 0. The highest BCUT2D eigenvalue weighted by Gasteiger charge is 2.14. The normalized spacial score (nSPS) is 10.7. The molecule has 0 saturated heterocycles. The molecule has 6 nitrogen and oxygen atoms in total. The first-order valence-electron chi connectivity index (χ1n) is 7.49. The lowest BCUT2D eigenvalue weighted by Crippen LogP contribution is -2.02. The van der Waals surface area contributed by atoms with E-state index in [9.17, 15) is 15.0 Å². The van der Waals surface area contributed by atoms with Gasteiger partial charge < -0.3 is 24.4 Å². The van der Waals surface area contributed by atoms with Gasteiger partial charge in [-0.1, -0.05) is 12.1 Å². The van der Waals surface area contributed by atoms with Gasteiger partial charge in [0, 0.05) is 5.56 Å². The monoisotopic (exact) mass is 344 g/mol. The lowest BCUT2D eigenvalue weighted by Gasteiger charge is -2.12. The number of phenols is 1. The van der Waals surface area contributed by atoms with E-state index in [-0.39, 0.29) is 18.1 Å². The van der Waals surface area contributed by atoms with Gasteiger partial charge in [-0.25, -0.2) is 0 Å². The van der Waals surface area contributed by atoms with Gasteiger partial charge in [-0.05, 0) is 35.9 Å². The van der Waals surface area contributed by atoms with Gasteiger partial charge in [-0.3, -0.25) is 4.79 Å². The number of aliphatic hydroxyl groups excluding tert-OH is 1. The van der Waals surface area contributed by atoms with Crippen molar-refractivity contribution in [2.75, 3.05) is 21.3 Å². The second kappa shape index (κ2) is 8.21. The molecule has 0 heterocycles. The number of carbonyl (C=O) groups excluding carboxylic acids is 1. The molecular formula is C19H20O6. The molecule has 132 valence electrons. The first kappa shape index (κ1) is 18.4. The molecular weight excluding hydrogens is 324 g/mol. The number of aromatic hydroxyl groups is 1. The van der Waals surface area contributed by atoms with Crippen LogP contribution in [0.25, 0.3) is 6.08 Å². The van der Waals surface area contributed by atoms with E-state index in [1.165, 1.54) is 33.5 Å². The van der Waals surface area contributed by atoms with Crippen molar-refractivity contribution in [3.8, 4) is 23.0 Å². The van der Waals surface area contributed by atoms with E-state index < -0.39 is 0 Å². The van der Waals surface area contributed by atoms with Crippen molar-refractivity contribution in [2.45, 2.75) is 6.61 Å². The quantitative estimate of drug-likeness (QED) is 0.593. The highest BCUT2D eigenvalue weighted by atomic mass is 16.5. The minimum absolute atomic E-state index is 0.00673. The third-order valence-electron chi connectivity index (χ3n) is 3.68. The standard InChI is InChI=1S/C19H20O6/c1-23-17-7-5-12(8-16(17)22)4-6-15(21)13-9-18(24-2)14(11-20)19(10-13)25-3/h4-10,20,22H,11H2,1-3H3/b6-4+. The maximum Gasteiger partial charge on any atom is 0.186 e. The van der Waals surface area contributed by atoms with Gasteiger partial charge in [0.2, 0.25) is 0 Å². The Morgan fingerprint density at radius 3 is 2.08 bits per heavy atom. The summed E-state index contributed by atoms with van der Waals surface area (Å²) in [4.78, 5) is 12.4. The van der Waals surface area contributed by atoms with E-state index in [4.69, 9.17) is 14.2 Å². The molecule has 0 radical (unpaired) electrons. The molecule has 6 heteroatoms. The Balaban J connectivity index is 2.30. The minimum atomic E-state index is -0.267. The molecule has 2 aromatic carbocycles. The summed E-state index contributed by atoms with van der Waals surface area (Å²) in [6.45, 7) is -0.262. The van der Waals surface area contributed by atoms with Crippen LogP contribution in [0.1, 0.15) is 21.5 Å². The zero-order chi connectivity index (χ0) is 18.4. The molecule has 0 aliphatic heterocycles. The molecule has 0 fully saturated rings. The Bertz CT molecular complexity index is 769. The van der Waals surface area contributed by atoms with Crippen molar-refractivity contribution in [2.24, 2.45) is 0 Å². The van der Waals surface area contributed by atoms with Crippen LogP contribution in [0.2, 0.25) is 0 Å². The van der Waals surface area contributed by atoms with Crippen molar-refractivity contribution in [1.82, 2.24) is 0 Å². The average Bonchev–Trinajstić information content (AvgIpc) is 2.64. The average molecular weight is 344 g/mol. The van der Waals surface area contributed by atoms with Gasteiger partial charge in [0.05, 0.1) is 33.5 Å². The van der Waals surface area contributed by atoms with E-state index in [0.717, 1.165) is 0 Å². The Hall–Kier alpha value is -2.99. The Labute approximate surface area is 145 Å². The number of hydrogen-bond acceptors (Lipinski definition) is 6. The lowest BCUT2D eigenvalue weighted by atomic mass is 10.0. The first-order chi connectivity index (χ1) is 12.0. The zero-order valence-corrected chi connectivity index (χ0v) is 14.3. The summed E-state index contributed by atoms with van der Waals surface area (Å²) in [7, 11) is 4.38. The van der Waals surface area contributed by atoms with E-state index in [1.54, 1.807) is 30.3 Å². The molecule has 0 aliphatic rings. The molecule has 0 atom stereocenters. The second-order valence-corrected chi connectivity index (χ2v) is 5.15. The lowest BCUT2D eigenvalue weighted by molar-refractivity contribution is 0.104. The van der Waals surface area contributed by atoms with Crippen LogP contribution in [0.3, 0.4) is 0 Å². The number of methoxy groups -OCH3 is 3. The van der Waals surface area contributed by atoms with Crippen LogP contribution < -0.4 is 14.2 Å². The van der Waals surface area contributed by atoms with Crippen LogP contribution in [-0.2, 0) is 6.61 Å². The zero-order valence-electron chi connectivity index (χ0n) is 14.3. The van der Waals surface area contributed by atoms with Crippen LogP contribution in [0, 0.1) is 0 Å². The molecule has 0 aromatic heterocycles. The molecule has 0 amide bonds. The van der Waals surface area contributed by atoms with Crippen LogP contribution in [-0.4, -0.2) is 37.3 Å².